The summed E-state index contributed by atoms with van der Waals surface area (Å²) in [6, 6.07) is 9.92. The predicted molar refractivity (Wildman–Crippen MR) is 88.8 cm³/mol. The van der Waals surface area contributed by atoms with Gasteiger partial charge in [-0.05, 0) is 24.3 Å². The summed E-state index contributed by atoms with van der Waals surface area (Å²) in [5, 5.41) is 20.6. The molecule has 2 aromatic rings. The third-order valence-corrected chi connectivity index (χ3v) is 3.26. The van der Waals surface area contributed by atoms with Crippen LogP contribution in [-0.4, -0.2) is 23.1 Å². The molecule has 0 radical (unpaired) electrons. The Balaban J connectivity index is 2.25. The summed E-state index contributed by atoms with van der Waals surface area (Å²) in [4.78, 5) is 10.1. The Labute approximate surface area is 139 Å². The zero-order valence-electron chi connectivity index (χ0n) is 12.9. The number of nitrogens with one attached hydrogen (secondary N) is 1. The number of nitrogens with zero attached hydrogens (tertiary/aromatic N) is 5. The quantitative estimate of drug-likeness (QED) is 0.804. The van der Waals surface area contributed by atoms with Crippen molar-refractivity contribution in [2.24, 2.45) is 0 Å². The molecule has 1 aromatic heterocycles. The highest BCUT2D eigenvalue weighted by Gasteiger charge is 2.15. The van der Waals surface area contributed by atoms with Crippen LogP contribution in [0, 0.1) is 28.5 Å². The number of nitrogens with two attached hydrogens (primary N) is 1. The molecule has 0 fully saturated rings. The number of nitriles is 2. The third-order valence-electron chi connectivity index (χ3n) is 3.26. The maximum Gasteiger partial charge on any atom is 0.159 e. The fraction of sp³-hybridized carbons (Fsp3) is 0.250. The Hall–Kier alpha value is -3.39. The predicted octanol–water partition coefficient (Wildman–Crippen LogP) is 2.58. The van der Waals surface area contributed by atoms with E-state index in [1.807, 2.05) is 0 Å². The number of hydrogen-bond acceptors (Lipinski definition) is 7. The van der Waals surface area contributed by atoms with Gasteiger partial charge >= 0.3 is 0 Å². The normalized spacial score (nSPS) is 9.79. The average Bonchev–Trinajstić information content (AvgIpc) is 2.59. The van der Waals surface area contributed by atoms with Crippen LogP contribution in [-0.2, 0) is 0 Å². The van der Waals surface area contributed by atoms with Crippen LogP contribution in [0.2, 0.25) is 0 Å². The highest BCUT2D eigenvalue weighted by molar-refractivity contribution is 5.78. The molecule has 2 rings (SSSR count). The lowest BCUT2D eigenvalue weighted by molar-refractivity contribution is 0.628. The second kappa shape index (κ2) is 8.30. The molecule has 7 nitrogen and oxygen atoms in total. The van der Waals surface area contributed by atoms with Gasteiger partial charge in [0.15, 0.2) is 11.6 Å². The Morgan fingerprint density at radius 2 is 1.71 bits per heavy atom. The van der Waals surface area contributed by atoms with Gasteiger partial charge in [0, 0.05) is 18.8 Å². The van der Waals surface area contributed by atoms with Gasteiger partial charge in [-0.15, -0.1) is 0 Å². The standard InChI is InChI=1S/C16H16FN7/c17-12-3-5-13(6-4-12)23-15-14(20)16(22-11-21-15)24(9-1-7-18)10-2-8-19/h3-6,11H,1-2,9-10,20H2,(H,21,22,23). The minimum atomic E-state index is -0.337. The highest BCUT2D eigenvalue weighted by Crippen LogP contribution is 2.28. The van der Waals surface area contributed by atoms with Crippen molar-refractivity contribution >= 4 is 23.0 Å². The molecule has 0 amide bonds. The smallest absolute Gasteiger partial charge is 0.159 e. The molecule has 0 aliphatic carbocycles. The fourth-order valence-electron chi connectivity index (χ4n) is 2.10. The van der Waals surface area contributed by atoms with Gasteiger partial charge in [-0.2, -0.15) is 10.5 Å². The summed E-state index contributed by atoms with van der Waals surface area (Å²) >= 11 is 0. The van der Waals surface area contributed by atoms with Gasteiger partial charge in [0.25, 0.3) is 0 Å². The Morgan fingerprint density at radius 3 is 2.29 bits per heavy atom. The van der Waals surface area contributed by atoms with Crippen LogP contribution in [0.25, 0.3) is 0 Å². The van der Waals surface area contributed by atoms with Crippen molar-refractivity contribution in [1.29, 1.82) is 10.5 Å². The van der Waals surface area contributed by atoms with E-state index in [0.717, 1.165) is 0 Å². The molecule has 0 spiro atoms. The first-order chi connectivity index (χ1) is 11.7. The van der Waals surface area contributed by atoms with Crippen LogP contribution in [0.5, 0.6) is 0 Å². The summed E-state index contributed by atoms with van der Waals surface area (Å²) in [7, 11) is 0. The van der Waals surface area contributed by atoms with Crippen LogP contribution in [0.15, 0.2) is 30.6 Å². The Kier molecular flexibility index (Phi) is 5.87. The van der Waals surface area contributed by atoms with Gasteiger partial charge in [0.2, 0.25) is 0 Å². The molecule has 0 aliphatic rings. The molecule has 0 atom stereocenters. The first kappa shape index (κ1) is 17.0. The minimum Gasteiger partial charge on any atom is -0.393 e. The zero-order chi connectivity index (χ0) is 17.4. The number of aromatic nitrogens is 2. The Bertz CT molecular complexity index is 743. The van der Waals surface area contributed by atoms with Crippen LogP contribution < -0.4 is 16.0 Å². The molecule has 0 bridgehead atoms. The number of anilines is 4. The third kappa shape index (κ3) is 4.31. The SMILES string of the molecule is N#CCCN(CCC#N)c1ncnc(Nc2ccc(F)cc2)c1N. The summed E-state index contributed by atoms with van der Waals surface area (Å²) in [6.45, 7) is 0.824. The topological polar surface area (TPSA) is 115 Å². The van der Waals surface area contributed by atoms with E-state index in [2.05, 4.69) is 27.4 Å². The molecule has 122 valence electrons. The van der Waals surface area contributed by atoms with Crippen LogP contribution in [0.4, 0.5) is 27.4 Å². The highest BCUT2D eigenvalue weighted by atomic mass is 19.1. The van der Waals surface area contributed by atoms with E-state index in [0.29, 0.717) is 36.1 Å². The molecule has 0 unspecified atom stereocenters. The van der Waals surface area contributed by atoms with Gasteiger partial charge in [-0.3, -0.25) is 0 Å². The van der Waals surface area contributed by atoms with Crippen LogP contribution in [0.3, 0.4) is 0 Å². The van der Waals surface area contributed by atoms with E-state index in [1.54, 1.807) is 17.0 Å². The lowest BCUT2D eigenvalue weighted by Crippen LogP contribution is -2.27. The molecule has 8 heteroatoms. The van der Waals surface area contributed by atoms with Gasteiger partial charge in [0.05, 0.1) is 25.0 Å². The van der Waals surface area contributed by atoms with Crippen molar-refractivity contribution in [2.45, 2.75) is 12.8 Å². The zero-order valence-corrected chi connectivity index (χ0v) is 12.9. The molecule has 1 aromatic carbocycles. The lowest BCUT2D eigenvalue weighted by Gasteiger charge is -2.23. The molecule has 0 aliphatic heterocycles. The van der Waals surface area contributed by atoms with E-state index >= 15 is 0 Å². The molecule has 0 saturated carbocycles. The van der Waals surface area contributed by atoms with Gasteiger partial charge < -0.3 is 16.0 Å². The number of halogens is 1. The first-order valence-electron chi connectivity index (χ1n) is 7.27. The largest absolute Gasteiger partial charge is 0.393 e. The van der Waals surface area contributed by atoms with Gasteiger partial charge in [-0.1, -0.05) is 0 Å². The lowest BCUT2D eigenvalue weighted by atomic mass is 10.3. The van der Waals surface area contributed by atoms with Crippen LogP contribution in [0.1, 0.15) is 12.8 Å². The van der Waals surface area contributed by atoms with Crippen LogP contribution >= 0.6 is 0 Å². The first-order valence-corrected chi connectivity index (χ1v) is 7.27. The average molecular weight is 325 g/mol. The fourth-order valence-corrected chi connectivity index (χ4v) is 2.10. The van der Waals surface area contributed by atoms with Crippen molar-refractivity contribution in [3.05, 3.63) is 36.4 Å². The monoisotopic (exact) mass is 325 g/mol. The molecular weight excluding hydrogens is 309 g/mol. The van der Waals surface area contributed by atoms with Crippen molar-refractivity contribution in [1.82, 2.24) is 9.97 Å². The molecular formula is C16H16FN7. The van der Waals surface area contributed by atoms with E-state index in [-0.39, 0.29) is 18.7 Å². The number of hydrogen-bond donors (Lipinski definition) is 2. The minimum absolute atomic E-state index is 0.287. The summed E-state index contributed by atoms with van der Waals surface area (Å²) in [5.74, 6) is 0.502. The van der Waals surface area contributed by atoms with Crippen molar-refractivity contribution in [3.63, 3.8) is 0 Å². The van der Waals surface area contributed by atoms with Gasteiger partial charge in [0.1, 0.15) is 17.8 Å². The van der Waals surface area contributed by atoms with E-state index in [9.17, 15) is 4.39 Å². The second-order valence-electron chi connectivity index (χ2n) is 4.89. The molecule has 1 heterocycles. The van der Waals surface area contributed by atoms with Crippen molar-refractivity contribution in [3.8, 4) is 12.1 Å². The van der Waals surface area contributed by atoms with E-state index in [1.165, 1.54) is 18.5 Å². The maximum absolute atomic E-state index is 13.0. The van der Waals surface area contributed by atoms with Gasteiger partial charge in [-0.25, -0.2) is 14.4 Å². The summed E-state index contributed by atoms with van der Waals surface area (Å²) < 4.78 is 13.0. The van der Waals surface area contributed by atoms with Crippen molar-refractivity contribution < 1.29 is 4.39 Å². The second-order valence-corrected chi connectivity index (χ2v) is 4.89. The summed E-state index contributed by atoms with van der Waals surface area (Å²) in [5.41, 5.74) is 7.07. The van der Waals surface area contributed by atoms with Crippen molar-refractivity contribution in [2.75, 3.05) is 29.0 Å². The number of benzene rings is 1. The molecule has 0 saturated heterocycles. The van der Waals surface area contributed by atoms with E-state index < -0.39 is 0 Å². The molecule has 3 N–H and O–H groups in total. The Morgan fingerprint density at radius 1 is 1.08 bits per heavy atom. The summed E-state index contributed by atoms with van der Waals surface area (Å²) in [6.07, 6.45) is 1.93. The number of nitrogen functional groups attached to an aromatic ring is 1. The number of rotatable bonds is 7. The van der Waals surface area contributed by atoms with E-state index in [4.69, 9.17) is 16.3 Å². The molecule has 24 heavy (non-hydrogen) atoms. The maximum atomic E-state index is 13.0.